The number of allylic oxidation sites excluding steroid dienone is 2. The van der Waals surface area contributed by atoms with E-state index in [1.54, 1.807) is 11.1 Å². The second-order valence-electron chi connectivity index (χ2n) is 2.99. The van der Waals surface area contributed by atoms with E-state index in [0.717, 1.165) is 0 Å². The van der Waals surface area contributed by atoms with Crippen LogP contribution in [-0.4, -0.2) is 17.7 Å². The van der Waals surface area contributed by atoms with Crippen molar-refractivity contribution in [3.8, 4) is 0 Å². The van der Waals surface area contributed by atoms with Crippen LogP contribution in [0.4, 0.5) is 0 Å². The standard InChI is InChI=1S/C10H17NO/c1-6-9(11(5)7-2)10(12)8(3)4/h6-8H,2H2,1,3-5H3/b9-6-. The fourth-order valence-electron chi connectivity index (χ4n) is 0.914. The Labute approximate surface area is 74.6 Å². The number of carbonyl (C=O) groups excluding carboxylic acids is 1. The SMILES string of the molecule is C=CN(C)/C(=C\C)C(=O)C(C)C. The molecule has 0 aliphatic rings. The number of likely N-dealkylation sites (N-methyl/N-ethyl adjacent to an activating group) is 1. The molecule has 0 heterocycles. The van der Waals surface area contributed by atoms with Gasteiger partial charge in [0.15, 0.2) is 5.78 Å². The first kappa shape index (κ1) is 11.0. The molecule has 0 spiro atoms. The van der Waals surface area contributed by atoms with E-state index in [-0.39, 0.29) is 11.7 Å². The zero-order valence-electron chi connectivity index (χ0n) is 8.29. The number of ketones is 1. The van der Waals surface area contributed by atoms with Crippen molar-refractivity contribution >= 4 is 5.78 Å². The summed E-state index contributed by atoms with van der Waals surface area (Å²) >= 11 is 0. The van der Waals surface area contributed by atoms with Crippen LogP contribution in [0.5, 0.6) is 0 Å². The Morgan fingerprint density at radius 3 is 2.25 bits per heavy atom. The lowest BCUT2D eigenvalue weighted by Gasteiger charge is -2.17. The molecule has 0 saturated heterocycles. The lowest BCUT2D eigenvalue weighted by molar-refractivity contribution is -0.119. The molecule has 0 aromatic carbocycles. The van der Waals surface area contributed by atoms with Gasteiger partial charge in [-0.2, -0.15) is 0 Å². The van der Waals surface area contributed by atoms with Gasteiger partial charge in [0.05, 0.1) is 5.70 Å². The molecule has 68 valence electrons. The molecule has 0 bridgehead atoms. The fourth-order valence-corrected chi connectivity index (χ4v) is 0.914. The number of carbonyl (C=O) groups is 1. The molecular weight excluding hydrogens is 150 g/mol. The Morgan fingerprint density at radius 2 is 2.00 bits per heavy atom. The molecule has 0 radical (unpaired) electrons. The van der Waals surface area contributed by atoms with E-state index < -0.39 is 0 Å². The second kappa shape index (κ2) is 4.75. The van der Waals surface area contributed by atoms with Crippen LogP contribution in [0.3, 0.4) is 0 Å². The van der Waals surface area contributed by atoms with Crippen molar-refractivity contribution in [2.75, 3.05) is 7.05 Å². The number of nitrogens with zero attached hydrogens (tertiary/aromatic N) is 1. The molecule has 0 fully saturated rings. The highest BCUT2D eigenvalue weighted by molar-refractivity contribution is 5.96. The van der Waals surface area contributed by atoms with Gasteiger partial charge in [0.2, 0.25) is 0 Å². The predicted molar refractivity (Wildman–Crippen MR) is 51.6 cm³/mol. The van der Waals surface area contributed by atoms with E-state index in [4.69, 9.17) is 0 Å². The molecule has 0 atom stereocenters. The van der Waals surface area contributed by atoms with Gasteiger partial charge in [-0.15, -0.1) is 0 Å². The van der Waals surface area contributed by atoms with Crippen LogP contribution in [0.15, 0.2) is 24.6 Å². The third-order valence-electron chi connectivity index (χ3n) is 1.70. The molecular formula is C10H17NO. The quantitative estimate of drug-likeness (QED) is 0.598. The highest BCUT2D eigenvalue weighted by atomic mass is 16.1. The summed E-state index contributed by atoms with van der Waals surface area (Å²) in [6.07, 6.45) is 3.44. The highest BCUT2D eigenvalue weighted by Gasteiger charge is 2.14. The average molecular weight is 167 g/mol. The first-order valence-electron chi connectivity index (χ1n) is 4.10. The molecule has 0 unspecified atom stereocenters. The third-order valence-corrected chi connectivity index (χ3v) is 1.70. The Kier molecular flexibility index (Phi) is 4.34. The number of Topliss-reactive ketones (excluding diaryl/α,β-unsaturated/α-hetero) is 1. The summed E-state index contributed by atoms with van der Waals surface area (Å²) in [4.78, 5) is 13.3. The van der Waals surface area contributed by atoms with Crippen LogP contribution < -0.4 is 0 Å². The molecule has 2 heteroatoms. The minimum atomic E-state index is 0.0404. The van der Waals surface area contributed by atoms with E-state index in [1.807, 2.05) is 33.9 Å². The summed E-state index contributed by atoms with van der Waals surface area (Å²) in [6.45, 7) is 9.24. The van der Waals surface area contributed by atoms with Gasteiger partial charge in [-0.25, -0.2) is 0 Å². The van der Waals surface area contributed by atoms with Crippen molar-refractivity contribution in [1.82, 2.24) is 4.90 Å². The van der Waals surface area contributed by atoms with Crippen LogP contribution in [0.25, 0.3) is 0 Å². The summed E-state index contributed by atoms with van der Waals surface area (Å²) < 4.78 is 0. The lowest BCUT2D eigenvalue weighted by atomic mass is 10.1. The van der Waals surface area contributed by atoms with Gasteiger partial charge in [-0.05, 0) is 13.1 Å². The van der Waals surface area contributed by atoms with Gasteiger partial charge < -0.3 is 4.90 Å². The van der Waals surface area contributed by atoms with Crippen molar-refractivity contribution in [3.05, 3.63) is 24.6 Å². The summed E-state index contributed by atoms with van der Waals surface area (Å²) in [6, 6.07) is 0. The molecule has 0 N–H and O–H groups in total. The Morgan fingerprint density at radius 1 is 1.50 bits per heavy atom. The molecule has 0 aromatic heterocycles. The summed E-state index contributed by atoms with van der Waals surface area (Å²) in [5, 5.41) is 0. The van der Waals surface area contributed by atoms with Crippen LogP contribution >= 0.6 is 0 Å². The number of hydrogen-bond donors (Lipinski definition) is 0. The van der Waals surface area contributed by atoms with Gasteiger partial charge in [0.1, 0.15) is 0 Å². The number of hydrogen-bond acceptors (Lipinski definition) is 2. The molecule has 0 aliphatic heterocycles. The molecule has 0 rings (SSSR count). The zero-order valence-corrected chi connectivity index (χ0v) is 8.29. The molecule has 2 nitrogen and oxygen atoms in total. The van der Waals surface area contributed by atoms with Crippen LogP contribution in [0, 0.1) is 5.92 Å². The van der Waals surface area contributed by atoms with Crippen LogP contribution in [0.1, 0.15) is 20.8 Å². The Balaban J connectivity index is 4.58. The van der Waals surface area contributed by atoms with E-state index in [1.165, 1.54) is 0 Å². The summed E-state index contributed by atoms with van der Waals surface area (Å²) in [7, 11) is 1.82. The summed E-state index contributed by atoms with van der Waals surface area (Å²) in [5.41, 5.74) is 0.708. The van der Waals surface area contributed by atoms with Gasteiger partial charge in [-0.3, -0.25) is 4.79 Å². The Bertz CT molecular complexity index is 204. The van der Waals surface area contributed by atoms with Crippen molar-refractivity contribution in [2.24, 2.45) is 5.92 Å². The first-order valence-corrected chi connectivity index (χ1v) is 4.10. The minimum absolute atomic E-state index is 0.0404. The van der Waals surface area contributed by atoms with Gasteiger partial charge in [0.25, 0.3) is 0 Å². The van der Waals surface area contributed by atoms with E-state index in [9.17, 15) is 4.79 Å². The zero-order chi connectivity index (χ0) is 9.72. The minimum Gasteiger partial charge on any atom is -0.349 e. The topological polar surface area (TPSA) is 20.3 Å². The average Bonchev–Trinajstić information content (AvgIpc) is 2.05. The second-order valence-corrected chi connectivity index (χ2v) is 2.99. The third kappa shape index (κ3) is 2.53. The van der Waals surface area contributed by atoms with Gasteiger partial charge in [0, 0.05) is 13.0 Å². The smallest absolute Gasteiger partial charge is 0.181 e. The maximum atomic E-state index is 11.5. The van der Waals surface area contributed by atoms with E-state index >= 15 is 0 Å². The van der Waals surface area contributed by atoms with Crippen molar-refractivity contribution in [2.45, 2.75) is 20.8 Å². The molecule has 12 heavy (non-hydrogen) atoms. The molecule has 0 saturated carbocycles. The van der Waals surface area contributed by atoms with Crippen LogP contribution in [-0.2, 0) is 4.79 Å². The highest BCUT2D eigenvalue weighted by Crippen LogP contribution is 2.09. The van der Waals surface area contributed by atoms with Crippen molar-refractivity contribution < 1.29 is 4.79 Å². The lowest BCUT2D eigenvalue weighted by Crippen LogP contribution is -2.21. The first-order chi connectivity index (χ1) is 5.54. The van der Waals surface area contributed by atoms with Crippen molar-refractivity contribution in [3.63, 3.8) is 0 Å². The van der Waals surface area contributed by atoms with Crippen LogP contribution in [0.2, 0.25) is 0 Å². The van der Waals surface area contributed by atoms with E-state index in [2.05, 4.69) is 6.58 Å². The fraction of sp³-hybridized carbons (Fsp3) is 0.500. The predicted octanol–water partition coefficient (Wildman–Crippen LogP) is 2.19. The largest absolute Gasteiger partial charge is 0.349 e. The number of rotatable bonds is 4. The maximum absolute atomic E-state index is 11.5. The normalized spacial score (nSPS) is 11.6. The molecule has 0 amide bonds. The molecule has 0 aliphatic carbocycles. The van der Waals surface area contributed by atoms with Crippen molar-refractivity contribution in [1.29, 1.82) is 0 Å². The summed E-state index contributed by atoms with van der Waals surface area (Å²) in [5.74, 6) is 0.193. The van der Waals surface area contributed by atoms with Gasteiger partial charge >= 0.3 is 0 Å². The monoisotopic (exact) mass is 167 g/mol. The van der Waals surface area contributed by atoms with Gasteiger partial charge in [-0.1, -0.05) is 26.5 Å². The Hall–Kier alpha value is -1.05. The molecule has 0 aromatic rings. The van der Waals surface area contributed by atoms with E-state index in [0.29, 0.717) is 5.70 Å². The maximum Gasteiger partial charge on any atom is 0.181 e.